The van der Waals surface area contributed by atoms with Crippen molar-refractivity contribution < 1.29 is 19.0 Å². The highest BCUT2D eigenvalue weighted by molar-refractivity contribution is 6.31. The lowest BCUT2D eigenvalue weighted by Gasteiger charge is -2.10. The van der Waals surface area contributed by atoms with Crippen LogP contribution in [0.5, 0.6) is 5.88 Å². The molecule has 0 bridgehead atoms. The van der Waals surface area contributed by atoms with E-state index < -0.39 is 16.7 Å². The predicted octanol–water partition coefficient (Wildman–Crippen LogP) is 0.779. The summed E-state index contributed by atoms with van der Waals surface area (Å²) >= 11 is 5.70. The first-order chi connectivity index (χ1) is 13.4. The number of nitrogen functional groups attached to an aromatic ring is 1. The smallest absolute Gasteiger partial charge is 0.287 e. The van der Waals surface area contributed by atoms with Crippen molar-refractivity contribution in [3.63, 3.8) is 0 Å². The van der Waals surface area contributed by atoms with E-state index in [-0.39, 0.29) is 47.0 Å². The first kappa shape index (κ1) is 19.1. The van der Waals surface area contributed by atoms with Crippen LogP contribution in [0.4, 0.5) is 21.5 Å². The van der Waals surface area contributed by atoms with E-state index >= 15 is 0 Å². The van der Waals surface area contributed by atoms with Crippen LogP contribution >= 0.6 is 11.6 Å². The minimum absolute atomic E-state index is 0.0133. The van der Waals surface area contributed by atoms with E-state index in [9.17, 15) is 19.2 Å². The van der Waals surface area contributed by atoms with Gasteiger partial charge < -0.3 is 26.3 Å². The fourth-order valence-corrected chi connectivity index (χ4v) is 2.35. The second-order valence-corrected chi connectivity index (χ2v) is 5.75. The van der Waals surface area contributed by atoms with Crippen LogP contribution in [0.2, 0.25) is 5.02 Å². The van der Waals surface area contributed by atoms with Gasteiger partial charge in [-0.15, -0.1) is 0 Å². The van der Waals surface area contributed by atoms with Gasteiger partial charge in [-0.25, -0.2) is 9.02 Å². The van der Waals surface area contributed by atoms with Crippen LogP contribution in [0.1, 0.15) is 5.69 Å². The molecule has 28 heavy (non-hydrogen) atoms. The SMILES string of the molecule is Nc1c(NCCOc2nonc2/C(=N/O)Nc2ccc(F)c(Cl)c2)c(=O)c1=O. The molecule has 0 aliphatic carbocycles. The summed E-state index contributed by atoms with van der Waals surface area (Å²) in [5.74, 6) is -0.927. The second kappa shape index (κ2) is 7.92. The van der Waals surface area contributed by atoms with Crippen molar-refractivity contribution in [3.8, 4) is 5.88 Å². The molecule has 0 unspecified atom stereocenters. The predicted molar refractivity (Wildman–Crippen MR) is 97.4 cm³/mol. The number of halogens is 2. The maximum atomic E-state index is 13.2. The number of amidine groups is 1. The number of hydrogen-bond donors (Lipinski definition) is 4. The van der Waals surface area contributed by atoms with Gasteiger partial charge in [0.2, 0.25) is 11.5 Å². The molecule has 0 aliphatic heterocycles. The summed E-state index contributed by atoms with van der Waals surface area (Å²) in [6.07, 6.45) is 0. The average molecular weight is 411 g/mol. The zero-order valence-electron chi connectivity index (χ0n) is 13.9. The monoisotopic (exact) mass is 410 g/mol. The Labute approximate surface area is 160 Å². The molecule has 0 radical (unpaired) electrons. The molecule has 0 spiro atoms. The molecule has 11 nitrogen and oxygen atoms in total. The topological polar surface area (TPSA) is 165 Å². The molecule has 0 amide bonds. The normalized spacial score (nSPS) is 11.6. The molecule has 3 aromatic rings. The number of nitrogens with one attached hydrogen (secondary N) is 2. The third-order valence-electron chi connectivity index (χ3n) is 3.55. The number of rotatable bonds is 7. The van der Waals surface area contributed by atoms with Gasteiger partial charge in [0.05, 0.1) is 5.02 Å². The van der Waals surface area contributed by atoms with Gasteiger partial charge >= 0.3 is 0 Å². The van der Waals surface area contributed by atoms with Crippen molar-refractivity contribution in [1.29, 1.82) is 0 Å². The highest BCUT2D eigenvalue weighted by Crippen LogP contribution is 2.21. The second-order valence-electron chi connectivity index (χ2n) is 5.34. The molecule has 0 saturated heterocycles. The van der Waals surface area contributed by atoms with Crippen molar-refractivity contribution >= 4 is 34.5 Å². The lowest BCUT2D eigenvalue weighted by molar-refractivity contribution is 0.261. The Balaban J connectivity index is 1.62. The van der Waals surface area contributed by atoms with E-state index in [0.717, 1.165) is 6.07 Å². The molecule has 0 atom stereocenters. The van der Waals surface area contributed by atoms with Crippen LogP contribution in [-0.4, -0.2) is 34.5 Å². The van der Waals surface area contributed by atoms with Crippen molar-refractivity contribution in [3.05, 3.63) is 55.2 Å². The number of nitrogens with two attached hydrogens (primary N) is 1. The number of benzene rings is 1. The fourth-order valence-electron chi connectivity index (χ4n) is 2.17. The van der Waals surface area contributed by atoms with E-state index in [0.29, 0.717) is 5.69 Å². The number of ether oxygens (including phenoxy) is 1. The minimum Gasteiger partial charge on any atom is -0.472 e. The standard InChI is InChI=1S/C15H12ClFN6O5/c16-7-5-6(1-2-8(7)17)20-14(21-26)11-15(23-28-22-11)27-4-3-19-10-9(18)12(24)13(10)25/h1-2,5,19,26H,3-4,18H2,(H,20,21). The van der Waals surface area contributed by atoms with Gasteiger partial charge in [0.1, 0.15) is 23.8 Å². The Kier molecular flexibility index (Phi) is 5.40. The number of aromatic nitrogens is 2. The van der Waals surface area contributed by atoms with E-state index in [2.05, 4.69) is 30.7 Å². The third-order valence-corrected chi connectivity index (χ3v) is 3.84. The molecular weight excluding hydrogens is 399 g/mol. The van der Waals surface area contributed by atoms with E-state index in [4.69, 9.17) is 22.1 Å². The van der Waals surface area contributed by atoms with Crippen molar-refractivity contribution in [2.75, 3.05) is 29.5 Å². The van der Waals surface area contributed by atoms with Crippen LogP contribution in [0.15, 0.2) is 37.6 Å². The molecule has 1 aromatic heterocycles. The average Bonchev–Trinajstić information content (AvgIpc) is 3.16. The summed E-state index contributed by atoms with van der Waals surface area (Å²) in [5.41, 5.74) is 4.09. The summed E-state index contributed by atoms with van der Waals surface area (Å²) in [6, 6.07) is 3.76. The van der Waals surface area contributed by atoms with Gasteiger partial charge in [-0.2, -0.15) is 0 Å². The highest BCUT2D eigenvalue weighted by Gasteiger charge is 2.20. The van der Waals surface area contributed by atoms with Crippen LogP contribution in [0.3, 0.4) is 0 Å². The number of anilines is 3. The summed E-state index contributed by atoms with van der Waals surface area (Å²) in [6.45, 7) is 0.106. The maximum Gasteiger partial charge on any atom is 0.287 e. The third kappa shape index (κ3) is 3.71. The highest BCUT2D eigenvalue weighted by atomic mass is 35.5. The first-order valence-corrected chi connectivity index (χ1v) is 8.02. The Hall–Kier alpha value is -3.67. The molecule has 0 aliphatic rings. The molecule has 5 N–H and O–H groups in total. The minimum atomic E-state index is -0.734. The van der Waals surface area contributed by atoms with E-state index in [1.807, 2.05) is 0 Å². The van der Waals surface area contributed by atoms with Crippen molar-refractivity contribution in [2.24, 2.45) is 5.16 Å². The molecule has 13 heteroatoms. The Morgan fingerprint density at radius 3 is 2.82 bits per heavy atom. The maximum absolute atomic E-state index is 13.2. The molecule has 0 saturated carbocycles. The van der Waals surface area contributed by atoms with E-state index in [1.54, 1.807) is 0 Å². The fraction of sp³-hybridized carbons (Fsp3) is 0.133. The summed E-state index contributed by atoms with van der Waals surface area (Å²) in [4.78, 5) is 22.3. The zero-order valence-corrected chi connectivity index (χ0v) is 14.7. The molecular formula is C15H12ClFN6O5. The van der Waals surface area contributed by atoms with Crippen molar-refractivity contribution in [2.45, 2.75) is 0 Å². The lowest BCUT2D eigenvalue weighted by Crippen LogP contribution is -2.37. The van der Waals surface area contributed by atoms with Crippen LogP contribution in [0.25, 0.3) is 0 Å². The van der Waals surface area contributed by atoms with Gasteiger partial charge in [-0.3, -0.25) is 9.59 Å². The van der Waals surface area contributed by atoms with E-state index in [1.165, 1.54) is 12.1 Å². The van der Waals surface area contributed by atoms with Crippen LogP contribution in [-0.2, 0) is 0 Å². The Bertz CT molecular complexity index is 1110. The molecule has 146 valence electrons. The summed E-state index contributed by atoms with van der Waals surface area (Å²) in [5, 5.41) is 24.6. The van der Waals surface area contributed by atoms with Crippen molar-refractivity contribution in [1.82, 2.24) is 10.3 Å². The van der Waals surface area contributed by atoms with Gasteiger partial charge in [-0.1, -0.05) is 16.8 Å². The summed E-state index contributed by atoms with van der Waals surface area (Å²) < 4.78 is 23.2. The molecule has 3 rings (SSSR count). The largest absolute Gasteiger partial charge is 0.472 e. The number of hydrogen-bond acceptors (Lipinski definition) is 10. The first-order valence-electron chi connectivity index (χ1n) is 7.65. The summed E-state index contributed by atoms with van der Waals surface area (Å²) in [7, 11) is 0. The van der Waals surface area contributed by atoms with Gasteiger partial charge in [-0.05, 0) is 28.5 Å². The van der Waals surface area contributed by atoms with Crippen LogP contribution in [0, 0.1) is 5.82 Å². The number of oxime groups is 1. The molecule has 1 heterocycles. The zero-order chi connectivity index (χ0) is 20.3. The Morgan fingerprint density at radius 1 is 1.36 bits per heavy atom. The Morgan fingerprint density at radius 2 is 2.14 bits per heavy atom. The van der Waals surface area contributed by atoms with Gasteiger partial charge in [0.15, 0.2) is 0 Å². The van der Waals surface area contributed by atoms with Crippen LogP contribution < -0.4 is 32.0 Å². The lowest BCUT2D eigenvalue weighted by atomic mass is 10.2. The molecule has 2 aromatic carbocycles. The number of nitrogens with zero attached hydrogens (tertiary/aromatic N) is 3. The van der Waals surface area contributed by atoms with Gasteiger partial charge in [0.25, 0.3) is 16.7 Å². The van der Waals surface area contributed by atoms with Gasteiger partial charge in [0, 0.05) is 12.2 Å². The molecule has 0 fully saturated rings. The quantitative estimate of drug-likeness (QED) is 0.109.